The molecule has 1 heterocycles. The number of aromatic nitrogens is 1. The van der Waals surface area contributed by atoms with Crippen molar-refractivity contribution in [3.63, 3.8) is 0 Å². The summed E-state index contributed by atoms with van der Waals surface area (Å²) in [6, 6.07) is 3.46. The van der Waals surface area contributed by atoms with Crippen LogP contribution in [0, 0.1) is 5.92 Å². The molecule has 4 nitrogen and oxygen atoms in total. The first-order valence-electron chi connectivity index (χ1n) is 6.17. The third kappa shape index (κ3) is 2.75. The van der Waals surface area contributed by atoms with Crippen LogP contribution in [-0.4, -0.2) is 17.9 Å². The number of rotatable bonds is 2. The zero-order valence-corrected chi connectivity index (χ0v) is 10.2. The molecule has 0 unspecified atom stereocenters. The van der Waals surface area contributed by atoms with E-state index < -0.39 is 0 Å². The van der Waals surface area contributed by atoms with Crippen LogP contribution in [0.3, 0.4) is 0 Å². The van der Waals surface area contributed by atoms with Gasteiger partial charge >= 0.3 is 0 Å². The third-order valence-electron chi connectivity index (χ3n) is 3.40. The van der Waals surface area contributed by atoms with Crippen molar-refractivity contribution >= 4 is 17.4 Å². The Morgan fingerprint density at radius 1 is 1.41 bits per heavy atom. The van der Waals surface area contributed by atoms with Crippen LogP contribution in [0.2, 0.25) is 0 Å². The maximum atomic E-state index is 12.3. The van der Waals surface area contributed by atoms with Gasteiger partial charge in [-0.2, -0.15) is 0 Å². The fourth-order valence-corrected chi connectivity index (χ4v) is 2.35. The van der Waals surface area contributed by atoms with Gasteiger partial charge in [0.2, 0.25) is 5.91 Å². The topological polar surface area (TPSA) is 59.2 Å². The van der Waals surface area contributed by atoms with Crippen molar-refractivity contribution < 1.29 is 4.79 Å². The summed E-state index contributed by atoms with van der Waals surface area (Å²) in [5.41, 5.74) is 6.33. The maximum absolute atomic E-state index is 12.3. The number of pyridine rings is 1. The second kappa shape index (κ2) is 5.17. The molecule has 1 aliphatic carbocycles. The lowest BCUT2D eigenvalue weighted by molar-refractivity contribution is -0.123. The maximum Gasteiger partial charge on any atom is 0.230 e. The number of carbonyl (C=O) groups excluding carboxylic acids is 1. The zero-order valence-electron chi connectivity index (χ0n) is 10.2. The van der Waals surface area contributed by atoms with Crippen molar-refractivity contribution in [2.75, 3.05) is 17.7 Å². The largest absolute Gasteiger partial charge is 0.399 e. The van der Waals surface area contributed by atoms with Crippen LogP contribution >= 0.6 is 0 Å². The molecule has 1 fully saturated rings. The molecule has 1 amide bonds. The van der Waals surface area contributed by atoms with Crippen LogP contribution in [0.25, 0.3) is 0 Å². The van der Waals surface area contributed by atoms with Gasteiger partial charge in [0, 0.05) is 30.9 Å². The van der Waals surface area contributed by atoms with Gasteiger partial charge < -0.3 is 5.73 Å². The summed E-state index contributed by atoms with van der Waals surface area (Å²) in [6.07, 6.45) is 7.22. The minimum Gasteiger partial charge on any atom is -0.399 e. The molecule has 2 rings (SSSR count). The van der Waals surface area contributed by atoms with Gasteiger partial charge in [-0.3, -0.25) is 9.69 Å². The standard InChI is InChI=1S/C13H19N3O/c1-16(12-9-11(14)7-8-15-12)13(17)10-5-3-2-4-6-10/h7-10H,2-6H2,1H3,(H2,14,15). The number of hydrogen-bond acceptors (Lipinski definition) is 3. The molecule has 4 heteroatoms. The predicted octanol–water partition coefficient (Wildman–Crippen LogP) is 2.21. The van der Waals surface area contributed by atoms with E-state index >= 15 is 0 Å². The highest BCUT2D eigenvalue weighted by Gasteiger charge is 2.25. The minimum atomic E-state index is 0.164. The number of nitrogens with two attached hydrogens (primary N) is 1. The molecule has 92 valence electrons. The Morgan fingerprint density at radius 2 is 2.12 bits per heavy atom. The summed E-state index contributed by atoms with van der Waals surface area (Å²) in [6.45, 7) is 0. The van der Waals surface area contributed by atoms with E-state index in [1.54, 1.807) is 30.3 Å². The molecule has 1 saturated carbocycles. The number of nitrogens with zero attached hydrogens (tertiary/aromatic N) is 2. The van der Waals surface area contributed by atoms with Gasteiger partial charge in [-0.05, 0) is 18.9 Å². The van der Waals surface area contributed by atoms with Gasteiger partial charge in [0.15, 0.2) is 0 Å². The summed E-state index contributed by atoms with van der Waals surface area (Å²) < 4.78 is 0. The van der Waals surface area contributed by atoms with Crippen LogP contribution < -0.4 is 10.6 Å². The molecule has 0 aliphatic heterocycles. The number of hydrogen-bond donors (Lipinski definition) is 1. The first-order chi connectivity index (χ1) is 8.18. The number of carbonyl (C=O) groups is 1. The van der Waals surface area contributed by atoms with Gasteiger partial charge in [-0.15, -0.1) is 0 Å². The van der Waals surface area contributed by atoms with E-state index in [2.05, 4.69) is 4.98 Å². The zero-order chi connectivity index (χ0) is 12.3. The Morgan fingerprint density at radius 3 is 2.76 bits per heavy atom. The van der Waals surface area contributed by atoms with Crippen molar-refractivity contribution in [2.24, 2.45) is 5.92 Å². The van der Waals surface area contributed by atoms with Crippen molar-refractivity contribution in [3.05, 3.63) is 18.3 Å². The van der Waals surface area contributed by atoms with Crippen LogP contribution in [-0.2, 0) is 4.79 Å². The van der Waals surface area contributed by atoms with E-state index in [-0.39, 0.29) is 11.8 Å². The molecule has 2 N–H and O–H groups in total. The van der Waals surface area contributed by atoms with E-state index in [4.69, 9.17) is 5.73 Å². The molecule has 0 radical (unpaired) electrons. The van der Waals surface area contributed by atoms with Crippen LogP contribution in [0.5, 0.6) is 0 Å². The van der Waals surface area contributed by atoms with Gasteiger partial charge in [-0.1, -0.05) is 19.3 Å². The first kappa shape index (κ1) is 11.9. The Balaban J connectivity index is 2.08. The molecular formula is C13H19N3O. The minimum absolute atomic E-state index is 0.164. The number of nitrogen functional groups attached to an aromatic ring is 1. The molecule has 0 bridgehead atoms. The molecule has 0 spiro atoms. The molecule has 1 aliphatic rings. The fraction of sp³-hybridized carbons (Fsp3) is 0.538. The Kier molecular flexibility index (Phi) is 3.61. The normalized spacial score (nSPS) is 16.8. The van der Waals surface area contributed by atoms with E-state index in [0.29, 0.717) is 11.5 Å². The molecule has 1 aromatic heterocycles. The van der Waals surface area contributed by atoms with E-state index in [1.807, 2.05) is 0 Å². The smallest absolute Gasteiger partial charge is 0.230 e. The van der Waals surface area contributed by atoms with Crippen LogP contribution in [0.15, 0.2) is 18.3 Å². The van der Waals surface area contributed by atoms with Gasteiger partial charge in [-0.25, -0.2) is 4.98 Å². The van der Waals surface area contributed by atoms with Crippen molar-refractivity contribution in [1.82, 2.24) is 4.98 Å². The fourth-order valence-electron chi connectivity index (χ4n) is 2.35. The molecular weight excluding hydrogens is 214 g/mol. The average Bonchev–Trinajstić information content (AvgIpc) is 2.38. The monoisotopic (exact) mass is 233 g/mol. The lowest BCUT2D eigenvalue weighted by Crippen LogP contribution is -2.34. The highest BCUT2D eigenvalue weighted by Crippen LogP contribution is 2.26. The molecule has 0 saturated heterocycles. The lowest BCUT2D eigenvalue weighted by atomic mass is 9.88. The second-order valence-corrected chi connectivity index (χ2v) is 4.68. The Bertz CT molecular complexity index is 399. The number of anilines is 2. The van der Waals surface area contributed by atoms with E-state index in [9.17, 15) is 4.79 Å². The summed E-state index contributed by atoms with van der Waals surface area (Å²) >= 11 is 0. The summed E-state index contributed by atoms with van der Waals surface area (Å²) in [4.78, 5) is 18.1. The summed E-state index contributed by atoms with van der Waals surface area (Å²) in [5, 5.41) is 0. The number of amides is 1. The van der Waals surface area contributed by atoms with Crippen LogP contribution in [0.1, 0.15) is 32.1 Å². The molecule has 0 atom stereocenters. The Hall–Kier alpha value is -1.58. The Labute approximate surface area is 102 Å². The summed E-state index contributed by atoms with van der Waals surface area (Å²) in [5.74, 6) is 0.973. The average molecular weight is 233 g/mol. The highest BCUT2D eigenvalue weighted by atomic mass is 16.2. The quantitative estimate of drug-likeness (QED) is 0.852. The van der Waals surface area contributed by atoms with Gasteiger partial charge in [0.1, 0.15) is 5.82 Å². The van der Waals surface area contributed by atoms with E-state index in [1.165, 1.54) is 6.42 Å². The first-order valence-corrected chi connectivity index (χ1v) is 6.17. The van der Waals surface area contributed by atoms with Crippen molar-refractivity contribution in [3.8, 4) is 0 Å². The van der Waals surface area contributed by atoms with E-state index in [0.717, 1.165) is 25.7 Å². The second-order valence-electron chi connectivity index (χ2n) is 4.68. The van der Waals surface area contributed by atoms with Crippen LogP contribution in [0.4, 0.5) is 11.5 Å². The van der Waals surface area contributed by atoms with Crippen molar-refractivity contribution in [1.29, 1.82) is 0 Å². The summed E-state index contributed by atoms with van der Waals surface area (Å²) in [7, 11) is 1.78. The predicted molar refractivity (Wildman–Crippen MR) is 68.6 cm³/mol. The van der Waals surface area contributed by atoms with Gasteiger partial charge in [0.05, 0.1) is 0 Å². The molecule has 17 heavy (non-hydrogen) atoms. The third-order valence-corrected chi connectivity index (χ3v) is 3.40. The SMILES string of the molecule is CN(C(=O)C1CCCCC1)c1cc(N)ccn1. The molecule has 0 aromatic carbocycles. The van der Waals surface area contributed by atoms with Gasteiger partial charge in [0.25, 0.3) is 0 Å². The van der Waals surface area contributed by atoms with Crippen molar-refractivity contribution in [2.45, 2.75) is 32.1 Å². The highest BCUT2D eigenvalue weighted by molar-refractivity contribution is 5.93. The molecule has 1 aromatic rings. The lowest BCUT2D eigenvalue weighted by Gasteiger charge is -2.25.